The molecular formula is C13H13FO2. The van der Waals surface area contributed by atoms with E-state index < -0.39 is 5.41 Å². The molecule has 1 aliphatic rings. The third kappa shape index (κ3) is 1.77. The highest BCUT2D eigenvalue weighted by Crippen LogP contribution is 2.37. The van der Waals surface area contributed by atoms with Gasteiger partial charge in [-0.15, -0.1) is 0 Å². The topological polar surface area (TPSA) is 34.1 Å². The first kappa shape index (κ1) is 11.0. The summed E-state index contributed by atoms with van der Waals surface area (Å²) in [6.07, 6.45) is 2.39. The van der Waals surface area contributed by atoms with E-state index in [1.165, 1.54) is 6.07 Å². The zero-order valence-corrected chi connectivity index (χ0v) is 8.91. The molecule has 0 aliphatic heterocycles. The van der Waals surface area contributed by atoms with Crippen molar-refractivity contribution in [2.24, 2.45) is 0 Å². The van der Waals surface area contributed by atoms with Gasteiger partial charge in [0.05, 0.1) is 5.41 Å². The molecule has 0 unspecified atom stereocenters. The fourth-order valence-corrected chi connectivity index (χ4v) is 2.29. The third-order valence-corrected chi connectivity index (χ3v) is 3.34. The van der Waals surface area contributed by atoms with Crippen molar-refractivity contribution < 1.29 is 14.0 Å². The molecule has 0 atom stereocenters. The van der Waals surface area contributed by atoms with E-state index in [-0.39, 0.29) is 11.6 Å². The fraction of sp³-hybridized carbons (Fsp3) is 0.385. The summed E-state index contributed by atoms with van der Waals surface area (Å²) in [5.41, 5.74) is -0.364. The number of benzene rings is 1. The lowest BCUT2D eigenvalue weighted by molar-refractivity contribution is -0.123. The maximum absolute atomic E-state index is 13.7. The Morgan fingerprint density at radius 1 is 1.19 bits per heavy atom. The molecule has 3 heteroatoms. The van der Waals surface area contributed by atoms with Crippen LogP contribution in [0.25, 0.3) is 0 Å². The fourth-order valence-electron chi connectivity index (χ4n) is 2.29. The van der Waals surface area contributed by atoms with E-state index in [1.54, 1.807) is 18.2 Å². The van der Waals surface area contributed by atoms with E-state index in [4.69, 9.17) is 0 Å². The van der Waals surface area contributed by atoms with Crippen LogP contribution in [0.3, 0.4) is 0 Å². The molecule has 1 fully saturated rings. The van der Waals surface area contributed by atoms with Crippen LogP contribution in [0.15, 0.2) is 24.3 Å². The summed E-state index contributed by atoms with van der Waals surface area (Å²) >= 11 is 0. The van der Waals surface area contributed by atoms with Crippen molar-refractivity contribution in [3.05, 3.63) is 35.6 Å². The van der Waals surface area contributed by atoms with E-state index >= 15 is 0 Å². The monoisotopic (exact) mass is 220 g/mol. The van der Waals surface area contributed by atoms with Crippen LogP contribution in [0, 0.1) is 5.82 Å². The number of aldehydes is 1. The maximum atomic E-state index is 13.7. The molecule has 0 saturated heterocycles. The van der Waals surface area contributed by atoms with Crippen molar-refractivity contribution in [1.82, 2.24) is 0 Å². The first-order valence-corrected chi connectivity index (χ1v) is 5.41. The Morgan fingerprint density at radius 3 is 2.38 bits per heavy atom. The van der Waals surface area contributed by atoms with Crippen LogP contribution in [0.4, 0.5) is 4.39 Å². The van der Waals surface area contributed by atoms with Gasteiger partial charge in [-0.1, -0.05) is 18.2 Å². The predicted molar refractivity (Wildman–Crippen MR) is 57.6 cm³/mol. The van der Waals surface area contributed by atoms with Gasteiger partial charge >= 0.3 is 0 Å². The zero-order chi connectivity index (χ0) is 11.6. The molecule has 0 aromatic heterocycles. The minimum atomic E-state index is -0.792. The van der Waals surface area contributed by atoms with Crippen LogP contribution in [0.1, 0.15) is 31.2 Å². The van der Waals surface area contributed by atoms with Gasteiger partial charge in [0, 0.05) is 18.4 Å². The van der Waals surface area contributed by atoms with Gasteiger partial charge in [0.2, 0.25) is 0 Å². The number of hydrogen-bond acceptors (Lipinski definition) is 2. The van der Waals surface area contributed by atoms with Crippen LogP contribution >= 0.6 is 0 Å². The summed E-state index contributed by atoms with van der Waals surface area (Å²) in [5, 5.41) is 0. The van der Waals surface area contributed by atoms with E-state index in [1.807, 2.05) is 0 Å². The second kappa shape index (κ2) is 4.16. The maximum Gasteiger partial charge on any atom is 0.133 e. The number of carbonyl (C=O) groups is 2. The Labute approximate surface area is 93.5 Å². The smallest absolute Gasteiger partial charge is 0.133 e. The average Bonchev–Trinajstić information content (AvgIpc) is 2.32. The first-order chi connectivity index (χ1) is 7.68. The SMILES string of the molecule is O=CC1(c2ccccc2F)CCC(=O)CC1. The number of rotatable bonds is 2. The van der Waals surface area contributed by atoms with Crippen molar-refractivity contribution in [2.75, 3.05) is 0 Å². The summed E-state index contributed by atoms with van der Waals surface area (Å²) < 4.78 is 13.7. The van der Waals surface area contributed by atoms with Crippen molar-refractivity contribution in [3.63, 3.8) is 0 Å². The van der Waals surface area contributed by atoms with Crippen molar-refractivity contribution in [1.29, 1.82) is 0 Å². The molecule has 0 amide bonds. The summed E-state index contributed by atoms with van der Waals surface area (Å²) in [6.45, 7) is 0. The Balaban J connectivity index is 2.39. The van der Waals surface area contributed by atoms with Gasteiger partial charge in [-0.3, -0.25) is 4.79 Å². The van der Waals surface area contributed by atoms with E-state index in [2.05, 4.69) is 0 Å². The van der Waals surface area contributed by atoms with Gasteiger partial charge in [0.25, 0.3) is 0 Å². The lowest BCUT2D eigenvalue weighted by Gasteiger charge is -2.32. The zero-order valence-electron chi connectivity index (χ0n) is 8.91. The van der Waals surface area contributed by atoms with Crippen LogP contribution in [0.2, 0.25) is 0 Å². The van der Waals surface area contributed by atoms with Crippen molar-refractivity contribution >= 4 is 12.1 Å². The van der Waals surface area contributed by atoms with Crippen molar-refractivity contribution in [2.45, 2.75) is 31.1 Å². The number of ketones is 1. The Morgan fingerprint density at radius 2 is 1.81 bits per heavy atom. The predicted octanol–water partition coefficient (Wildman–Crippen LogP) is 2.41. The molecule has 2 nitrogen and oxygen atoms in total. The number of hydrogen-bond donors (Lipinski definition) is 0. The standard InChI is InChI=1S/C13H13FO2/c14-12-4-2-1-3-11(12)13(9-15)7-5-10(16)6-8-13/h1-4,9H,5-8H2. The molecule has 0 bridgehead atoms. The van der Waals surface area contributed by atoms with Gasteiger partial charge in [0.1, 0.15) is 17.9 Å². The van der Waals surface area contributed by atoms with Crippen LogP contribution in [-0.4, -0.2) is 12.1 Å². The average molecular weight is 220 g/mol. The molecule has 16 heavy (non-hydrogen) atoms. The highest BCUT2D eigenvalue weighted by Gasteiger charge is 2.37. The molecule has 0 spiro atoms. The molecule has 0 N–H and O–H groups in total. The van der Waals surface area contributed by atoms with Crippen LogP contribution < -0.4 is 0 Å². The minimum Gasteiger partial charge on any atom is -0.302 e. The second-order valence-electron chi connectivity index (χ2n) is 4.29. The normalized spacial score (nSPS) is 19.4. The lowest BCUT2D eigenvalue weighted by atomic mass is 9.70. The summed E-state index contributed by atoms with van der Waals surface area (Å²) in [4.78, 5) is 22.4. The second-order valence-corrected chi connectivity index (χ2v) is 4.29. The summed E-state index contributed by atoms with van der Waals surface area (Å²) in [7, 11) is 0. The van der Waals surface area contributed by atoms with E-state index in [9.17, 15) is 14.0 Å². The molecule has 1 aromatic carbocycles. The molecule has 1 aromatic rings. The Kier molecular flexibility index (Phi) is 2.86. The van der Waals surface area contributed by atoms with Gasteiger partial charge in [-0.2, -0.15) is 0 Å². The van der Waals surface area contributed by atoms with E-state index in [0.717, 1.165) is 6.29 Å². The summed E-state index contributed by atoms with van der Waals surface area (Å²) in [6, 6.07) is 6.32. The van der Waals surface area contributed by atoms with E-state index in [0.29, 0.717) is 31.2 Å². The Hall–Kier alpha value is -1.51. The van der Waals surface area contributed by atoms with Gasteiger partial charge in [-0.25, -0.2) is 4.39 Å². The van der Waals surface area contributed by atoms with Gasteiger partial charge < -0.3 is 4.79 Å². The van der Waals surface area contributed by atoms with Gasteiger partial charge in [-0.05, 0) is 18.9 Å². The van der Waals surface area contributed by atoms with Crippen molar-refractivity contribution in [3.8, 4) is 0 Å². The largest absolute Gasteiger partial charge is 0.302 e. The quantitative estimate of drug-likeness (QED) is 0.717. The molecule has 84 valence electrons. The highest BCUT2D eigenvalue weighted by molar-refractivity contribution is 5.83. The van der Waals surface area contributed by atoms with Crippen LogP contribution in [-0.2, 0) is 15.0 Å². The van der Waals surface area contributed by atoms with Crippen LogP contribution in [0.5, 0.6) is 0 Å². The van der Waals surface area contributed by atoms with Gasteiger partial charge in [0.15, 0.2) is 0 Å². The third-order valence-electron chi connectivity index (χ3n) is 3.34. The molecule has 0 heterocycles. The highest BCUT2D eigenvalue weighted by atomic mass is 19.1. The molecule has 1 aliphatic carbocycles. The Bertz CT molecular complexity index is 416. The first-order valence-electron chi connectivity index (χ1n) is 5.41. The molecule has 2 rings (SSSR count). The molecule has 0 radical (unpaired) electrons. The number of halogens is 1. The molecule has 1 saturated carbocycles. The molecular weight excluding hydrogens is 207 g/mol. The summed E-state index contributed by atoms with van der Waals surface area (Å²) in [5.74, 6) is -0.197. The number of carbonyl (C=O) groups excluding carboxylic acids is 2. The number of Topliss-reactive ketones (excluding diaryl/α,β-unsaturated/α-hetero) is 1. The lowest BCUT2D eigenvalue weighted by Crippen LogP contribution is -2.34. The minimum absolute atomic E-state index is 0.161.